The summed E-state index contributed by atoms with van der Waals surface area (Å²) in [6, 6.07) is 0. The molecule has 0 aliphatic carbocycles. The minimum atomic E-state index is -0.817. The van der Waals surface area contributed by atoms with Crippen molar-refractivity contribution >= 4 is 5.97 Å². The molecule has 0 unspecified atom stereocenters. The molecule has 0 spiro atoms. The smallest absolute Gasteiger partial charge is 0.317 e. The summed E-state index contributed by atoms with van der Waals surface area (Å²) >= 11 is 0. The average molecular weight is 530 g/mol. The summed E-state index contributed by atoms with van der Waals surface area (Å²) in [5, 5.41) is 9.33. The number of carbonyl (C=O) groups is 1. The number of nitrogens with zero attached hydrogens (tertiary/aromatic N) is 3. The van der Waals surface area contributed by atoms with Gasteiger partial charge in [-0.2, -0.15) is 0 Å². The Morgan fingerprint density at radius 3 is 0.973 bits per heavy atom. The van der Waals surface area contributed by atoms with E-state index in [1.54, 1.807) is 0 Å². The fourth-order valence-electron chi connectivity index (χ4n) is 4.55. The van der Waals surface area contributed by atoms with Crippen LogP contribution >= 0.6 is 0 Å². The summed E-state index contributed by atoms with van der Waals surface area (Å²) in [5.41, 5.74) is 0.945. The van der Waals surface area contributed by atoms with Crippen molar-refractivity contribution in [3.63, 3.8) is 0 Å². The van der Waals surface area contributed by atoms with E-state index < -0.39 is 5.97 Å². The molecule has 0 aliphatic heterocycles. The van der Waals surface area contributed by atoms with Crippen molar-refractivity contribution < 1.29 is 19.4 Å². The van der Waals surface area contributed by atoms with Crippen molar-refractivity contribution in [3.05, 3.63) is 0 Å². The van der Waals surface area contributed by atoms with E-state index in [-0.39, 0.29) is 28.2 Å². The Hall–Kier alpha value is -0.730. The monoisotopic (exact) mass is 529 g/mol. The van der Waals surface area contributed by atoms with Gasteiger partial charge in [-0.25, -0.2) is 0 Å². The van der Waals surface area contributed by atoms with Gasteiger partial charge >= 0.3 is 5.97 Å². The van der Waals surface area contributed by atoms with E-state index in [9.17, 15) is 9.90 Å². The summed E-state index contributed by atoms with van der Waals surface area (Å²) < 4.78 is 11.9. The Bertz CT molecular complexity index is 534. The molecule has 222 valence electrons. The molecule has 0 amide bonds. The lowest BCUT2D eigenvalue weighted by Crippen LogP contribution is -2.41. The second-order valence-corrected chi connectivity index (χ2v) is 15.6. The van der Waals surface area contributed by atoms with Crippen LogP contribution in [0.1, 0.15) is 83.1 Å². The summed E-state index contributed by atoms with van der Waals surface area (Å²) in [4.78, 5) is 18.2. The lowest BCUT2D eigenvalue weighted by atomic mass is 9.92. The zero-order chi connectivity index (χ0) is 28.9. The van der Waals surface area contributed by atoms with E-state index in [1.807, 2.05) is 4.90 Å². The maximum absolute atomic E-state index is 11.4. The van der Waals surface area contributed by atoms with Crippen LogP contribution in [0.3, 0.4) is 0 Å². The van der Waals surface area contributed by atoms with Crippen LogP contribution in [0.5, 0.6) is 0 Å². The molecule has 0 atom stereocenters. The van der Waals surface area contributed by atoms with E-state index in [0.29, 0.717) is 39.5 Å². The van der Waals surface area contributed by atoms with Gasteiger partial charge in [-0.05, 0) is 21.7 Å². The molecule has 7 heteroatoms. The van der Waals surface area contributed by atoms with Gasteiger partial charge in [0.1, 0.15) is 0 Å². The Morgan fingerprint density at radius 2 is 0.757 bits per heavy atom. The van der Waals surface area contributed by atoms with Gasteiger partial charge < -0.3 is 24.4 Å². The third kappa shape index (κ3) is 25.3. The Balaban J connectivity index is 4.50. The maximum atomic E-state index is 11.4. The van der Waals surface area contributed by atoms with E-state index in [4.69, 9.17) is 9.47 Å². The molecule has 37 heavy (non-hydrogen) atoms. The van der Waals surface area contributed by atoms with Crippen LogP contribution in [0.4, 0.5) is 0 Å². The van der Waals surface area contributed by atoms with Gasteiger partial charge in [-0.15, -0.1) is 0 Å². The molecule has 0 heterocycles. The number of hydrogen-bond donors (Lipinski definition) is 1. The van der Waals surface area contributed by atoms with E-state index in [0.717, 1.165) is 39.3 Å². The number of ether oxygens (including phenoxy) is 2. The maximum Gasteiger partial charge on any atom is 0.317 e. The van der Waals surface area contributed by atoms with E-state index in [1.165, 1.54) is 0 Å². The molecule has 0 rings (SSSR count). The van der Waals surface area contributed by atoms with Gasteiger partial charge in [-0.1, -0.05) is 83.1 Å². The molecule has 0 aromatic carbocycles. The molecule has 0 saturated heterocycles. The molecule has 0 bridgehead atoms. The zero-order valence-electron chi connectivity index (χ0n) is 26.7. The molecule has 0 fully saturated rings. The van der Waals surface area contributed by atoms with Crippen molar-refractivity contribution in [3.8, 4) is 0 Å². The van der Waals surface area contributed by atoms with E-state index >= 15 is 0 Å². The van der Waals surface area contributed by atoms with Gasteiger partial charge in [0.15, 0.2) is 0 Å². The number of hydrogen-bond acceptors (Lipinski definition) is 6. The zero-order valence-corrected chi connectivity index (χ0v) is 26.7. The number of rotatable bonds is 18. The fourth-order valence-corrected chi connectivity index (χ4v) is 4.55. The summed E-state index contributed by atoms with van der Waals surface area (Å²) in [5.74, 6) is -0.817. The van der Waals surface area contributed by atoms with Gasteiger partial charge in [-0.3, -0.25) is 9.69 Å². The molecule has 0 aromatic heterocycles. The van der Waals surface area contributed by atoms with Crippen LogP contribution in [-0.2, 0) is 14.3 Å². The molecule has 0 saturated carbocycles. The Labute approximate surface area is 230 Å². The normalized spacial score (nSPS) is 13.8. The van der Waals surface area contributed by atoms with Crippen molar-refractivity contribution in [2.45, 2.75) is 83.1 Å². The molecular weight excluding hydrogens is 466 g/mol. The SMILES string of the molecule is CC(C)(C)CN(CCOCCN(CCOCCN(CC(C)(C)C)CC(C)(C)C)CC(=O)O)CC(C)(C)C. The third-order valence-corrected chi connectivity index (χ3v) is 5.36. The topological polar surface area (TPSA) is 65.5 Å². The lowest BCUT2D eigenvalue weighted by Gasteiger charge is -2.34. The molecular formula is C30H63N3O4. The molecule has 0 aromatic rings. The summed E-state index contributed by atoms with van der Waals surface area (Å²) in [6.07, 6.45) is 0. The quantitative estimate of drug-likeness (QED) is 0.245. The number of carboxylic acids is 1. The first-order chi connectivity index (χ1) is 16.7. The second-order valence-electron chi connectivity index (χ2n) is 15.6. The first-order valence-corrected chi connectivity index (χ1v) is 14.2. The fraction of sp³-hybridized carbons (Fsp3) is 0.967. The van der Waals surface area contributed by atoms with Crippen LogP contribution in [0, 0.1) is 21.7 Å². The summed E-state index contributed by atoms with van der Waals surface area (Å²) in [6.45, 7) is 36.6. The minimum Gasteiger partial charge on any atom is -0.480 e. The second kappa shape index (κ2) is 16.4. The molecule has 1 N–H and O–H groups in total. The third-order valence-electron chi connectivity index (χ3n) is 5.36. The van der Waals surface area contributed by atoms with Gasteiger partial charge in [0.25, 0.3) is 0 Å². The molecule has 0 radical (unpaired) electrons. The largest absolute Gasteiger partial charge is 0.480 e. The van der Waals surface area contributed by atoms with Crippen molar-refractivity contribution in [1.82, 2.24) is 14.7 Å². The Morgan fingerprint density at radius 1 is 0.514 bits per heavy atom. The van der Waals surface area contributed by atoms with Crippen LogP contribution in [-0.4, -0.2) is 111 Å². The predicted molar refractivity (Wildman–Crippen MR) is 156 cm³/mol. The highest BCUT2D eigenvalue weighted by Crippen LogP contribution is 2.21. The first-order valence-electron chi connectivity index (χ1n) is 14.2. The van der Waals surface area contributed by atoms with Gasteiger partial charge in [0.2, 0.25) is 0 Å². The van der Waals surface area contributed by atoms with Crippen LogP contribution in [0.2, 0.25) is 0 Å². The molecule has 7 nitrogen and oxygen atoms in total. The van der Waals surface area contributed by atoms with Crippen molar-refractivity contribution in [2.24, 2.45) is 21.7 Å². The predicted octanol–water partition coefficient (Wildman–Crippen LogP) is 5.19. The lowest BCUT2D eigenvalue weighted by molar-refractivity contribution is -0.138. The van der Waals surface area contributed by atoms with Crippen LogP contribution in [0.15, 0.2) is 0 Å². The highest BCUT2D eigenvalue weighted by molar-refractivity contribution is 5.69. The Kier molecular flexibility index (Phi) is 16.1. The highest BCUT2D eigenvalue weighted by Gasteiger charge is 2.22. The average Bonchev–Trinajstić information content (AvgIpc) is 2.61. The van der Waals surface area contributed by atoms with Crippen molar-refractivity contribution in [2.75, 3.05) is 85.3 Å². The standard InChI is InChI=1S/C30H63N3O4/c1-27(2,3)22-32(23-28(4,5)6)15-19-36-17-13-31(21-26(34)35)14-18-37-20-16-33(24-29(7,8)9)25-30(10,11)12/h13-25H2,1-12H3,(H,34,35). The first kappa shape index (κ1) is 36.3. The van der Waals surface area contributed by atoms with Crippen LogP contribution in [0.25, 0.3) is 0 Å². The number of carboxylic acid groups (broad SMARTS) is 1. The van der Waals surface area contributed by atoms with E-state index in [2.05, 4.69) is 92.9 Å². The van der Waals surface area contributed by atoms with Crippen molar-refractivity contribution in [1.29, 1.82) is 0 Å². The number of aliphatic carboxylic acids is 1. The minimum absolute atomic E-state index is 0.00701. The van der Waals surface area contributed by atoms with Crippen LogP contribution < -0.4 is 0 Å². The van der Waals surface area contributed by atoms with Gasteiger partial charge in [0, 0.05) is 52.4 Å². The molecule has 0 aliphatic rings. The highest BCUT2D eigenvalue weighted by atomic mass is 16.5. The summed E-state index contributed by atoms with van der Waals surface area (Å²) in [7, 11) is 0. The van der Waals surface area contributed by atoms with Gasteiger partial charge in [0.05, 0.1) is 33.0 Å².